The number of hydrogen-bond acceptors (Lipinski definition) is 3. The molecule has 2 atom stereocenters. The fourth-order valence-electron chi connectivity index (χ4n) is 2.56. The summed E-state index contributed by atoms with van der Waals surface area (Å²) in [7, 11) is 0. The third-order valence-corrected chi connectivity index (χ3v) is 5.62. The Balaban J connectivity index is 2.07. The van der Waals surface area contributed by atoms with E-state index in [1.807, 2.05) is 13.2 Å². The topological polar surface area (TPSA) is 29.1 Å². The van der Waals surface area contributed by atoms with Crippen LogP contribution in [0.2, 0.25) is 0 Å². The van der Waals surface area contributed by atoms with Gasteiger partial charge in [-0.1, -0.05) is 18.9 Å². The lowest BCUT2D eigenvalue weighted by molar-refractivity contribution is -0.121. The summed E-state index contributed by atoms with van der Waals surface area (Å²) >= 11 is 3.36. The van der Waals surface area contributed by atoms with Crippen molar-refractivity contribution in [3.05, 3.63) is 22.4 Å². The quantitative estimate of drug-likeness (QED) is 0.889. The molecule has 0 spiro atoms. The van der Waals surface area contributed by atoms with Crippen molar-refractivity contribution in [2.45, 2.75) is 43.9 Å². The van der Waals surface area contributed by atoms with Crippen molar-refractivity contribution in [2.24, 2.45) is 5.92 Å². The Labute approximate surface area is 118 Å². The molecular weight excluding hydrogens is 262 g/mol. The molecule has 0 bridgehead atoms. The average Bonchev–Trinajstić information content (AvgIpc) is 3.06. The zero-order valence-corrected chi connectivity index (χ0v) is 12.7. The Bertz CT molecular complexity index is 371. The highest BCUT2D eigenvalue weighted by molar-refractivity contribution is 7.99. The van der Waals surface area contributed by atoms with Gasteiger partial charge in [0.2, 0.25) is 5.91 Å². The van der Waals surface area contributed by atoms with Gasteiger partial charge in [0.05, 0.1) is 11.3 Å². The van der Waals surface area contributed by atoms with E-state index in [9.17, 15) is 4.79 Å². The van der Waals surface area contributed by atoms with Gasteiger partial charge in [-0.2, -0.15) is 11.8 Å². The van der Waals surface area contributed by atoms with Crippen molar-refractivity contribution in [1.82, 2.24) is 5.32 Å². The number of hydrogen-bond donors (Lipinski definition) is 1. The van der Waals surface area contributed by atoms with E-state index in [1.165, 1.54) is 30.6 Å². The lowest BCUT2D eigenvalue weighted by Gasteiger charge is -2.25. The zero-order valence-electron chi connectivity index (χ0n) is 11.0. The first kappa shape index (κ1) is 13.9. The average molecular weight is 283 g/mol. The van der Waals surface area contributed by atoms with Gasteiger partial charge in [0.1, 0.15) is 0 Å². The summed E-state index contributed by atoms with van der Waals surface area (Å²) in [4.78, 5) is 13.4. The van der Waals surface area contributed by atoms with Gasteiger partial charge in [-0.05, 0) is 43.4 Å². The lowest BCUT2D eigenvalue weighted by atomic mass is 9.96. The molecule has 1 heterocycles. The number of carbonyl (C=O) groups is 1. The molecule has 0 radical (unpaired) electrons. The number of thioether (sulfide) groups is 1. The van der Waals surface area contributed by atoms with E-state index in [0.717, 1.165) is 0 Å². The van der Waals surface area contributed by atoms with Crippen LogP contribution in [-0.2, 0) is 4.79 Å². The first-order valence-electron chi connectivity index (χ1n) is 6.59. The molecule has 0 aromatic carbocycles. The molecule has 18 heavy (non-hydrogen) atoms. The molecule has 2 nitrogen and oxygen atoms in total. The van der Waals surface area contributed by atoms with E-state index in [0.29, 0.717) is 5.92 Å². The summed E-state index contributed by atoms with van der Waals surface area (Å²) in [6, 6.07) is 4.46. The summed E-state index contributed by atoms with van der Waals surface area (Å²) in [6.07, 6.45) is 7.09. The molecule has 1 aliphatic carbocycles. The highest BCUT2D eigenvalue weighted by atomic mass is 32.2. The molecule has 0 aliphatic heterocycles. The van der Waals surface area contributed by atoms with Gasteiger partial charge in [-0.25, -0.2) is 0 Å². The van der Waals surface area contributed by atoms with E-state index < -0.39 is 0 Å². The van der Waals surface area contributed by atoms with Crippen LogP contribution in [-0.4, -0.2) is 17.4 Å². The first-order valence-corrected chi connectivity index (χ1v) is 8.75. The standard InChI is InChI=1S/C14H21NOS2/c1-10(17-2)14(16)15-13(11-6-3-4-7-11)12-8-5-9-18-12/h5,8-11,13H,3-4,6-7H2,1-2H3,(H,15,16). The predicted octanol–water partition coefficient (Wildman–Crippen LogP) is 3.85. The molecule has 1 amide bonds. The summed E-state index contributed by atoms with van der Waals surface area (Å²) in [6.45, 7) is 1.97. The molecule has 1 fully saturated rings. The summed E-state index contributed by atoms with van der Waals surface area (Å²) in [5.41, 5.74) is 0. The fraction of sp³-hybridized carbons (Fsp3) is 0.643. The van der Waals surface area contributed by atoms with Gasteiger partial charge in [-0.3, -0.25) is 4.79 Å². The van der Waals surface area contributed by atoms with Gasteiger partial charge in [0, 0.05) is 4.88 Å². The largest absolute Gasteiger partial charge is 0.347 e. The van der Waals surface area contributed by atoms with Crippen molar-refractivity contribution >= 4 is 29.0 Å². The minimum atomic E-state index is 0.0360. The summed E-state index contributed by atoms with van der Waals surface area (Å²) in [5, 5.41) is 5.40. The Morgan fingerprint density at radius 2 is 2.22 bits per heavy atom. The van der Waals surface area contributed by atoms with Crippen LogP contribution in [0.1, 0.15) is 43.5 Å². The molecule has 1 aliphatic rings. The van der Waals surface area contributed by atoms with E-state index in [4.69, 9.17) is 0 Å². The van der Waals surface area contributed by atoms with Crippen molar-refractivity contribution in [2.75, 3.05) is 6.26 Å². The molecule has 1 N–H and O–H groups in total. The first-order chi connectivity index (χ1) is 8.72. The van der Waals surface area contributed by atoms with Gasteiger partial charge >= 0.3 is 0 Å². The molecule has 2 rings (SSSR count). The number of carbonyl (C=O) groups excluding carboxylic acids is 1. The number of nitrogens with one attached hydrogen (secondary N) is 1. The molecule has 0 saturated heterocycles. The number of rotatable bonds is 5. The Kier molecular flexibility index (Phi) is 5.13. The number of amides is 1. The molecule has 100 valence electrons. The smallest absolute Gasteiger partial charge is 0.233 e. The Morgan fingerprint density at radius 3 is 2.78 bits per heavy atom. The highest BCUT2D eigenvalue weighted by Gasteiger charge is 2.29. The SMILES string of the molecule is CSC(C)C(=O)NC(c1cccs1)C1CCCC1. The normalized spacial score (nSPS) is 19.7. The van der Waals surface area contributed by atoms with Gasteiger partial charge in [-0.15, -0.1) is 11.3 Å². The second-order valence-electron chi connectivity index (χ2n) is 4.92. The lowest BCUT2D eigenvalue weighted by Crippen LogP contribution is -2.36. The van der Waals surface area contributed by atoms with E-state index in [-0.39, 0.29) is 17.2 Å². The molecule has 1 aromatic rings. The van der Waals surface area contributed by atoms with Crippen molar-refractivity contribution in [3.8, 4) is 0 Å². The van der Waals surface area contributed by atoms with Crippen LogP contribution in [0.25, 0.3) is 0 Å². The van der Waals surface area contributed by atoms with Crippen LogP contribution in [0.5, 0.6) is 0 Å². The van der Waals surface area contributed by atoms with Crippen molar-refractivity contribution < 1.29 is 4.79 Å². The molecular formula is C14H21NOS2. The van der Waals surface area contributed by atoms with E-state index >= 15 is 0 Å². The van der Waals surface area contributed by atoms with Crippen LogP contribution in [0, 0.1) is 5.92 Å². The van der Waals surface area contributed by atoms with Crippen LogP contribution in [0.4, 0.5) is 0 Å². The fourth-order valence-corrected chi connectivity index (χ4v) is 3.71. The van der Waals surface area contributed by atoms with Crippen LogP contribution in [0.15, 0.2) is 17.5 Å². The van der Waals surface area contributed by atoms with Crippen LogP contribution in [0.3, 0.4) is 0 Å². The van der Waals surface area contributed by atoms with E-state index in [2.05, 4.69) is 22.8 Å². The monoisotopic (exact) mass is 283 g/mol. The third-order valence-electron chi connectivity index (χ3n) is 3.74. The van der Waals surface area contributed by atoms with Gasteiger partial charge in [0.15, 0.2) is 0 Å². The van der Waals surface area contributed by atoms with Crippen molar-refractivity contribution in [1.29, 1.82) is 0 Å². The predicted molar refractivity (Wildman–Crippen MR) is 80.1 cm³/mol. The maximum absolute atomic E-state index is 12.1. The molecule has 4 heteroatoms. The van der Waals surface area contributed by atoms with Crippen molar-refractivity contribution in [3.63, 3.8) is 0 Å². The minimum Gasteiger partial charge on any atom is -0.347 e. The number of thiophene rings is 1. The van der Waals surface area contributed by atoms with E-state index in [1.54, 1.807) is 23.1 Å². The third kappa shape index (κ3) is 3.29. The highest BCUT2D eigenvalue weighted by Crippen LogP contribution is 2.37. The second kappa shape index (κ2) is 6.62. The van der Waals surface area contributed by atoms with Gasteiger partial charge in [0.25, 0.3) is 0 Å². The zero-order chi connectivity index (χ0) is 13.0. The van der Waals surface area contributed by atoms with Crippen LogP contribution < -0.4 is 5.32 Å². The summed E-state index contributed by atoms with van der Waals surface area (Å²) < 4.78 is 0. The molecule has 1 saturated carbocycles. The molecule has 1 aromatic heterocycles. The molecule has 2 unspecified atom stereocenters. The minimum absolute atomic E-state index is 0.0360. The maximum Gasteiger partial charge on any atom is 0.233 e. The second-order valence-corrected chi connectivity index (χ2v) is 7.08. The maximum atomic E-state index is 12.1. The summed E-state index contributed by atoms with van der Waals surface area (Å²) in [5.74, 6) is 0.800. The Hall–Kier alpha value is -0.480. The Morgan fingerprint density at radius 1 is 1.50 bits per heavy atom. The van der Waals surface area contributed by atoms with Crippen LogP contribution >= 0.6 is 23.1 Å². The van der Waals surface area contributed by atoms with Gasteiger partial charge < -0.3 is 5.32 Å².